The third-order valence-corrected chi connectivity index (χ3v) is 6.84. The third-order valence-electron chi connectivity index (χ3n) is 6.84. The summed E-state index contributed by atoms with van der Waals surface area (Å²) in [7, 11) is 1.76. The first kappa shape index (κ1) is 25.5. The Balaban J connectivity index is 1.64. The average molecular weight is 486 g/mol. The standard InChI is InChI=1S/C29H35N5O2/c1-6-34-25-10-9-23(17-26(25)32(5)27(35)29(3,4)28(34)36)19-33(15-12-22-8-7-13-30-18-22)20-24-11-14-31-21(2)16-24/h7-11,13-14,16-18H,6,12,15,19-20H2,1-5H3. The number of pyridine rings is 2. The zero-order valence-electron chi connectivity index (χ0n) is 21.9. The second kappa shape index (κ2) is 10.6. The smallest absolute Gasteiger partial charge is 0.242 e. The molecule has 0 unspecified atom stereocenters. The molecular formula is C29H35N5O2. The predicted molar refractivity (Wildman–Crippen MR) is 143 cm³/mol. The molecule has 7 nitrogen and oxygen atoms in total. The summed E-state index contributed by atoms with van der Waals surface area (Å²) in [5.74, 6) is -0.359. The fourth-order valence-corrected chi connectivity index (χ4v) is 4.81. The van der Waals surface area contributed by atoms with E-state index in [1.807, 2.05) is 38.4 Å². The first-order valence-electron chi connectivity index (χ1n) is 12.5. The first-order valence-corrected chi connectivity index (χ1v) is 12.5. The van der Waals surface area contributed by atoms with E-state index in [1.165, 1.54) is 11.1 Å². The summed E-state index contributed by atoms with van der Waals surface area (Å²) in [5, 5.41) is 0. The van der Waals surface area contributed by atoms with Crippen LogP contribution < -0.4 is 9.80 Å². The molecule has 2 aromatic heterocycles. The van der Waals surface area contributed by atoms with Crippen LogP contribution in [0.2, 0.25) is 0 Å². The lowest BCUT2D eigenvalue weighted by Crippen LogP contribution is -2.47. The van der Waals surface area contributed by atoms with Crippen molar-refractivity contribution in [2.75, 3.05) is 29.9 Å². The maximum Gasteiger partial charge on any atom is 0.242 e. The highest BCUT2D eigenvalue weighted by atomic mass is 16.2. The highest BCUT2D eigenvalue weighted by Gasteiger charge is 2.45. The number of fused-ring (bicyclic) bond motifs is 1. The Morgan fingerprint density at radius 3 is 2.33 bits per heavy atom. The zero-order chi connectivity index (χ0) is 25.9. The SMILES string of the molecule is CCN1C(=O)C(C)(C)C(=O)N(C)c2cc(CN(CCc3cccnc3)Cc3ccnc(C)c3)ccc21. The summed E-state index contributed by atoms with van der Waals surface area (Å²) in [5.41, 5.74) is 4.93. The van der Waals surface area contributed by atoms with Gasteiger partial charge in [-0.3, -0.25) is 24.5 Å². The summed E-state index contributed by atoms with van der Waals surface area (Å²) in [6.45, 7) is 10.2. The number of aromatic nitrogens is 2. The molecule has 36 heavy (non-hydrogen) atoms. The van der Waals surface area contributed by atoms with Crippen LogP contribution in [0.5, 0.6) is 0 Å². The molecule has 0 fully saturated rings. The highest BCUT2D eigenvalue weighted by Crippen LogP contribution is 2.39. The van der Waals surface area contributed by atoms with Crippen LogP contribution in [0.1, 0.15) is 43.2 Å². The molecule has 7 heteroatoms. The number of nitrogens with zero attached hydrogens (tertiary/aromatic N) is 5. The minimum absolute atomic E-state index is 0.167. The molecule has 4 rings (SSSR count). The summed E-state index contributed by atoms with van der Waals surface area (Å²) < 4.78 is 0. The number of carbonyl (C=O) groups excluding carboxylic acids is 2. The fraction of sp³-hybridized carbons (Fsp3) is 0.379. The number of aryl methyl sites for hydroxylation is 1. The molecule has 0 bridgehead atoms. The van der Waals surface area contributed by atoms with Crippen molar-refractivity contribution in [3.8, 4) is 0 Å². The Bertz CT molecular complexity index is 1240. The number of benzene rings is 1. The summed E-state index contributed by atoms with van der Waals surface area (Å²) in [6, 6.07) is 14.3. The van der Waals surface area contributed by atoms with Gasteiger partial charge in [-0.05, 0) is 81.1 Å². The Kier molecular flexibility index (Phi) is 7.50. The largest absolute Gasteiger partial charge is 0.313 e. The van der Waals surface area contributed by atoms with Gasteiger partial charge in [0.05, 0.1) is 11.4 Å². The number of hydrogen-bond donors (Lipinski definition) is 0. The van der Waals surface area contributed by atoms with Crippen LogP contribution in [0.15, 0.2) is 61.1 Å². The van der Waals surface area contributed by atoms with Gasteiger partial charge >= 0.3 is 0 Å². The summed E-state index contributed by atoms with van der Waals surface area (Å²) in [6.07, 6.45) is 6.44. The lowest BCUT2D eigenvalue weighted by Gasteiger charge is -2.27. The van der Waals surface area contributed by atoms with E-state index in [0.29, 0.717) is 13.1 Å². The number of amides is 2. The van der Waals surface area contributed by atoms with Crippen molar-refractivity contribution in [2.24, 2.45) is 5.41 Å². The molecule has 0 aliphatic carbocycles. The molecule has 1 aromatic carbocycles. The van der Waals surface area contributed by atoms with E-state index < -0.39 is 5.41 Å². The molecular weight excluding hydrogens is 450 g/mol. The first-order chi connectivity index (χ1) is 17.2. The molecule has 1 aliphatic rings. The minimum Gasteiger partial charge on any atom is -0.313 e. The van der Waals surface area contributed by atoms with Crippen molar-refractivity contribution in [1.29, 1.82) is 0 Å². The van der Waals surface area contributed by atoms with Crippen LogP contribution in [-0.2, 0) is 29.1 Å². The normalized spacial score (nSPS) is 15.3. The molecule has 0 saturated carbocycles. The van der Waals surface area contributed by atoms with Gasteiger partial charge in [-0.25, -0.2) is 0 Å². The van der Waals surface area contributed by atoms with Gasteiger partial charge in [0.1, 0.15) is 5.41 Å². The van der Waals surface area contributed by atoms with E-state index in [2.05, 4.69) is 45.2 Å². The molecule has 0 N–H and O–H groups in total. The van der Waals surface area contributed by atoms with Crippen molar-refractivity contribution < 1.29 is 9.59 Å². The molecule has 3 aromatic rings. The van der Waals surface area contributed by atoms with Crippen LogP contribution in [0, 0.1) is 12.3 Å². The van der Waals surface area contributed by atoms with Crippen molar-refractivity contribution >= 4 is 23.2 Å². The number of carbonyl (C=O) groups is 2. The van der Waals surface area contributed by atoms with E-state index in [4.69, 9.17) is 0 Å². The van der Waals surface area contributed by atoms with E-state index in [-0.39, 0.29) is 11.8 Å². The molecule has 0 radical (unpaired) electrons. The second-order valence-electron chi connectivity index (χ2n) is 9.99. The van der Waals surface area contributed by atoms with Crippen LogP contribution in [-0.4, -0.2) is 46.8 Å². The number of anilines is 2. The molecule has 3 heterocycles. The maximum atomic E-state index is 13.2. The quantitative estimate of drug-likeness (QED) is 0.443. The molecule has 2 amide bonds. The van der Waals surface area contributed by atoms with Crippen molar-refractivity contribution in [3.05, 3.63) is 83.4 Å². The third kappa shape index (κ3) is 5.31. The minimum atomic E-state index is -1.11. The van der Waals surface area contributed by atoms with Crippen LogP contribution in [0.3, 0.4) is 0 Å². The number of hydrogen-bond acceptors (Lipinski definition) is 5. The topological polar surface area (TPSA) is 69.6 Å². The van der Waals surface area contributed by atoms with Crippen LogP contribution in [0.25, 0.3) is 0 Å². The molecule has 1 aliphatic heterocycles. The van der Waals surface area contributed by atoms with Gasteiger partial charge < -0.3 is 9.80 Å². The Labute approximate surface area is 213 Å². The Hall–Kier alpha value is -3.58. The maximum absolute atomic E-state index is 13.2. The van der Waals surface area contributed by atoms with Crippen LogP contribution in [0.4, 0.5) is 11.4 Å². The molecule has 0 saturated heterocycles. The van der Waals surface area contributed by atoms with Gasteiger partial charge in [-0.1, -0.05) is 12.1 Å². The van der Waals surface area contributed by atoms with E-state index >= 15 is 0 Å². The van der Waals surface area contributed by atoms with Crippen molar-refractivity contribution in [3.63, 3.8) is 0 Å². The van der Waals surface area contributed by atoms with E-state index in [1.54, 1.807) is 36.9 Å². The zero-order valence-corrected chi connectivity index (χ0v) is 21.9. The Morgan fingerprint density at radius 1 is 0.917 bits per heavy atom. The summed E-state index contributed by atoms with van der Waals surface area (Å²) >= 11 is 0. The van der Waals surface area contributed by atoms with Crippen molar-refractivity contribution in [2.45, 2.75) is 47.2 Å². The summed E-state index contributed by atoms with van der Waals surface area (Å²) in [4.78, 5) is 40.8. The second-order valence-corrected chi connectivity index (χ2v) is 9.99. The predicted octanol–water partition coefficient (Wildman–Crippen LogP) is 4.39. The lowest BCUT2D eigenvalue weighted by atomic mass is 9.90. The van der Waals surface area contributed by atoms with Gasteiger partial charge in [0, 0.05) is 57.5 Å². The highest BCUT2D eigenvalue weighted by molar-refractivity contribution is 6.19. The fourth-order valence-electron chi connectivity index (χ4n) is 4.81. The van der Waals surface area contributed by atoms with Gasteiger partial charge in [0.2, 0.25) is 11.8 Å². The molecule has 0 atom stereocenters. The van der Waals surface area contributed by atoms with Gasteiger partial charge in [-0.2, -0.15) is 0 Å². The van der Waals surface area contributed by atoms with Gasteiger partial charge in [0.15, 0.2) is 0 Å². The van der Waals surface area contributed by atoms with Crippen LogP contribution >= 0.6 is 0 Å². The van der Waals surface area contributed by atoms with Gasteiger partial charge in [0.25, 0.3) is 0 Å². The van der Waals surface area contributed by atoms with E-state index in [0.717, 1.165) is 42.1 Å². The average Bonchev–Trinajstić information content (AvgIpc) is 2.92. The van der Waals surface area contributed by atoms with E-state index in [9.17, 15) is 9.59 Å². The lowest BCUT2D eigenvalue weighted by molar-refractivity contribution is -0.137. The van der Waals surface area contributed by atoms with Gasteiger partial charge in [-0.15, -0.1) is 0 Å². The molecule has 0 spiro atoms. The monoisotopic (exact) mass is 485 g/mol. The van der Waals surface area contributed by atoms with Crippen molar-refractivity contribution in [1.82, 2.24) is 14.9 Å². The Morgan fingerprint density at radius 2 is 1.67 bits per heavy atom. The number of rotatable bonds is 8. The molecule has 188 valence electrons.